The quantitative estimate of drug-likeness (QED) is 0.258. The van der Waals surface area contributed by atoms with Crippen molar-refractivity contribution in [1.82, 2.24) is 0 Å². The molecule has 0 saturated carbocycles. The number of halogens is 6. The Morgan fingerprint density at radius 1 is 0.727 bits per heavy atom. The van der Waals surface area contributed by atoms with Crippen molar-refractivity contribution < 1.29 is 26.3 Å². The molecule has 0 amide bonds. The topological polar surface area (TPSA) is 0 Å². The van der Waals surface area contributed by atoms with E-state index < -0.39 is 40.5 Å². The van der Waals surface area contributed by atoms with Crippen LogP contribution in [0.5, 0.6) is 0 Å². The van der Waals surface area contributed by atoms with Crippen LogP contribution in [0.15, 0.2) is 42.5 Å². The highest BCUT2D eigenvalue weighted by Crippen LogP contribution is 2.37. The van der Waals surface area contributed by atoms with Crippen molar-refractivity contribution in [2.24, 2.45) is 0 Å². The Morgan fingerprint density at radius 2 is 1.42 bits per heavy atom. The molecule has 6 heteroatoms. The lowest BCUT2D eigenvalue weighted by molar-refractivity contribution is 0.508. The van der Waals surface area contributed by atoms with Crippen molar-refractivity contribution in [3.05, 3.63) is 99.6 Å². The molecule has 4 rings (SSSR count). The van der Waals surface area contributed by atoms with E-state index in [2.05, 4.69) is 0 Å². The number of benzene rings is 3. The van der Waals surface area contributed by atoms with E-state index in [-0.39, 0.29) is 35.1 Å². The predicted molar refractivity (Wildman–Crippen MR) is 117 cm³/mol. The summed E-state index contributed by atoms with van der Waals surface area (Å²) in [4.78, 5) is 0. The van der Waals surface area contributed by atoms with Gasteiger partial charge in [0.2, 0.25) is 0 Å². The zero-order chi connectivity index (χ0) is 23.7. The van der Waals surface area contributed by atoms with Gasteiger partial charge in [-0.25, -0.2) is 26.3 Å². The normalized spacial score (nSPS) is 13.1. The van der Waals surface area contributed by atoms with Gasteiger partial charge in [0.25, 0.3) is 0 Å². The van der Waals surface area contributed by atoms with Gasteiger partial charge in [0.05, 0.1) is 5.56 Å². The van der Waals surface area contributed by atoms with Crippen LogP contribution in [0.4, 0.5) is 26.3 Å². The van der Waals surface area contributed by atoms with Crippen molar-refractivity contribution >= 4 is 5.57 Å². The maximum atomic E-state index is 15.2. The minimum Gasteiger partial charge on any atom is -0.206 e. The maximum Gasteiger partial charge on any atom is 0.159 e. The van der Waals surface area contributed by atoms with E-state index in [0.717, 1.165) is 43.5 Å². The Hall–Kier alpha value is -3.02. The molecule has 0 radical (unpaired) electrons. The van der Waals surface area contributed by atoms with Crippen molar-refractivity contribution in [1.29, 1.82) is 0 Å². The second kappa shape index (κ2) is 9.46. The van der Waals surface area contributed by atoms with Crippen LogP contribution in [0.25, 0.3) is 16.7 Å². The smallest absolute Gasteiger partial charge is 0.159 e. The summed E-state index contributed by atoms with van der Waals surface area (Å²) in [5.74, 6) is -5.57. The maximum absolute atomic E-state index is 15.2. The van der Waals surface area contributed by atoms with Crippen LogP contribution in [0.2, 0.25) is 0 Å². The fourth-order valence-corrected chi connectivity index (χ4v) is 4.35. The first-order chi connectivity index (χ1) is 15.8. The predicted octanol–water partition coefficient (Wildman–Crippen LogP) is 8.10. The molecule has 0 heterocycles. The van der Waals surface area contributed by atoms with Crippen LogP contribution in [0.3, 0.4) is 0 Å². The van der Waals surface area contributed by atoms with Gasteiger partial charge < -0.3 is 0 Å². The molecule has 1 aliphatic rings. The van der Waals surface area contributed by atoms with Gasteiger partial charge in [-0.15, -0.1) is 0 Å². The largest absolute Gasteiger partial charge is 0.206 e. The molecule has 0 spiro atoms. The van der Waals surface area contributed by atoms with Crippen LogP contribution >= 0.6 is 0 Å². The van der Waals surface area contributed by atoms with Gasteiger partial charge in [-0.1, -0.05) is 31.9 Å². The summed E-state index contributed by atoms with van der Waals surface area (Å²) in [6.07, 6.45) is 4.85. The van der Waals surface area contributed by atoms with Gasteiger partial charge in [-0.3, -0.25) is 0 Å². The molecule has 0 aliphatic heterocycles. The van der Waals surface area contributed by atoms with E-state index in [1.807, 2.05) is 6.92 Å². The van der Waals surface area contributed by atoms with Gasteiger partial charge >= 0.3 is 0 Å². The molecule has 0 unspecified atom stereocenters. The average molecular weight is 460 g/mol. The first kappa shape index (κ1) is 23.1. The molecule has 0 bridgehead atoms. The monoisotopic (exact) mass is 460 g/mol. The number of hydrogen-bond acceptors (Lipinski definition) is 0. The molecule has 0 aromatic heterocycles. The summed E-state index contributed by atoms with van der Waals surface area (Å²) in [7, 11) is 0. The molecular weight excluding hydrogens is 438 g/mol. The van der Waals surface area contributed by atoms with Gasteiger partial charge in [0.1, 0.15) is 23.3 Å². The summed E-state index contributed by atoms with van der Waals surface area (Å²) in [5.41, 5.74) is 0.543. The van der Waals surface area contributed by atoms with E-state index in [0.29, 0.717) is 17.6 Å². The van der Waals surface area contributed by atoms with E-state index in [1.165, 1.54) is 18.2 Å². The fraction of sp³-hybridized carbons (Fsp3) is 0.259. The Labute approximate surface area is 188 Å². The highest BCUT2D eigenvalue weighted by atomic mass is 19.2. The standard InChI is InChI=1S/C27H22F6/c1-2-3-4-5-15-10-22(30)25(23(31)11-15)16-6-8-19-18(12-16)14-24(32)26(27(19)33)17-7-9-20(28)21(29)13-17/h6-7,9-11,13-14H,2-5,8,12H2,1H3. The zero-order valence-electron chi connectivity index (χ0n) is 18.1. The first-order valence-corrected chi connectivity index (χ1v) is 10.9. The Morgan fingerprint density at radius 3 is 2.09 bits per heavy atom. The number of unbranched alkanes of at least 4 members (excludes halogenated alkanes) is 2. The minimum absolute atomic E-state index is 0.00934. The molecule has 3 aromatic carbocycles. The Bertz CT molecular complexity index is 1220. The highest BCUT2D eigenvalue weighted by Gasteiger charge is 2.25. The third-order valence-corrected chi connectivity index (χ3v) is 6.05. The van der Waals surface area contributed by atoms with Crippen LogP contribution in [-0.2, 0) is 19.3 Å². The van der Waals surface area contributed by atoms with Crippen molar-refractivity contribution in [3.8, 4) is 11.1 Å². The Balaban J connectivity index is 1.67. The van der Waals surface area contributed by atoms with Crippen LogP contribution < -0.4 is 0 Å². The summed E-state index contributed by atoms with van der Waals surface area (Å²) in [5, 5.41) is 0. The van der Waals surface area contributed by atoms with Crippen molar-refractivity contribution in [2.75, 3.05) is 0 Å². The second-order valence-corrected chi connectivity index (χ2v) is 8.32. The van der Waals surface area contributed by atoms with Gasteiger partial charge in [-0.2, -0.15) is 0 Å². The lowest BCUT2D eigenvalue weighted by Gasteiger charge is -2.21. The summed E-state index contributed by atoms with van der Waals surface area (Å²) < 4.78 is 86.4. The highest BCUT2D eigenvalue weighted by molar-refractivity contribution is 5.74. The molecule has 33 heavy (non-hydrogen) atoms. The molecule has 0 saturated heterocycles. The van der Waals surface area contributed by atoms with Gasteiger partial charge in [0.15, 0.2) is 11.6 Å². The van der Waals surface area contributed by atoms with Crippen LogP contribution in [-0.4, -0.2) is 0 Å². The number of hydrogen-bond donors (Lipinski definition) is 0. The minimum atomic E-state index is -1.21. The zero-order valence-corrected chi connectivity index (χ0v) is 18.1. The molecule has 0 N–H and O–H groups in total. The van der Waals surface area contributed by atoms with E-state index in [9.17, 15) is 22.0 Å². The van der Waals surface area contributed by atoms with Gasteiger partial charge in [-0.05, 0) is 83.8 Å². The molecule has 0 nitrogen and oxygen atoms in total. The number of fused-ring (bicyclic) bond motifs is 1. The lowest BCUT2D eigenvalue weighted by Crippen LogP contribution is -2.10. The van der Waals surface area contributed by atoms with E-state index in [1.54, 1.807) is 0 Å². The third kappa shape index (κ3) is 4.56. The van der Waals surface area contributed by atoms with Crippen molar-refractivity contribution in [2.45, 2.75) is 45.4 Å². The number of rotatable bonds is 6. The molecule has 172 valence electrons. The second-order valence-electron chi connectivity index (χ2n) is 8.32. The summed E-state index contributed by atoms with van der Waals surface area (Å²) in [6.45, 7) is 2.05. The molecular formula is C27H22F6. The summed E-state index contributed by atoms with van der Waals surface area (Å²) >= 11 is 0. The Kier molecular flexibility index (Phi) is 6.63. The van der Waals surface area contributed by atoms with E-state index >= 15 is 4.39 Å². The molecule has 1 aliphatic carbocycles. The number of allylic oxidation sites excluding steroid dienone is 2. The molecule has 0 atom stereocenters. The van der Waals surface area contributed by atoms with Crippen LogP contribution in [0.1, 0.15) is 48.4 Å². The first-order valence-electron chi connectivity index (χ1n) is 10.9. The molecule has 0 fully saturated rings. The van der Waals surface area contributed by atoms with Crippen molar-refractivity contribution in [3.63, 3.8) is 0 Å². The summed E-state index contributed by atoms with van der Waals surface area (Å²) in [6, 6.07) is 6.37. The third-order valence-electron chi connectivity index (χ3n) is 6.05. The van der Waals surface area contributed by atoms with Crippen LogP contribution in [0, 0.1) is 34.9 Å². The molecule has 3 aromatic rings. The lowest BCUT2D eigenvalue weighted by atomic mass is 9.85. The SMILES string of the molecule is CCCCCc1cc(F)c(C2=CCc3c(cc(F)c(-c4ccc(F)c(F)c4)c3F)C2)c(F)c1. The fourth-order valence-electron chi connectivity index (χ4n) is 4.35. The average Bonchev–Trinajstić information content (AvgIpc) is 2.76. The van der Waals surface area contributed by atoms with E-state index in [4.69, 9.17) is 0 Å². The number of aryl methyl sites for hydroxylation is 1. The van der Waals surface area contributed by atoms with Gasteiger partial charge in [0, 0.05) is 5.56 Å².